The van der Waals surface area contributed by atoms with Crippen LogP contribution in [0, 0.1) is 0 Å². The van der Waals surface area contributed by atoms with E-state index in [4.69, 9.17) is 14.2 Å². The molecule has 0 radical (unpaired) electrons. The summed E-state index contributed by atoms with van der Waals surface area (Å²) in [5, 5.41) is 0. The van der Waals surface area contributed by atoms with Gasteiger partial charge in [-0.3, -0.25) is 0 Å². The molecule has 2 saturated heterocycles. The Morgan fingerprint density at radius 3 is 2.47 bits per heavy atom. The summed E-state index contributed by atoms with van der Waals surface area (Å²) in [6, 6.07) is 8.33. The zero-order valence-corrected chi connectivity index (χ0v) is 11.3. The Morgan fingerprint density at radius 2 is 1.89 bits per heavy atom. The molecule has 2 heterocycles. The maximum absolute atomic E-state index is 5.66. The lowest BCUT2D eigenvalue weighted by atomic mass is 9.93. The number of ether oxygens (including phenoxy) is 3. The average Bonchev–Trinajstić information content (AvgIpc) is 2.92. The fourth-order valence-corrected chi connectivity index (χ4v) is 2.64. The Kier molecular flexibility index (Phi) is 3.44. The predicted octanol–water partition coefficient (Wildman–Crippen LogP) is 2.20. The minimum Gasteiger partial charge on any atom is -0.497 e. The second-order valence-corrected chi connectivity index (χ2v) is 4.74. The van der Waals surface area contributed by atoms with E-state index in [9.17, 15) is 0 Å². The monoisotopic (exact) mass is 261 g/mol. The fourth-order valence-electron chi connectivity index (χ4n) is 2.64. The molecule has 1 aromatic carbocycles. The highest BCUT2D eigenvalue weighted by molar-refractivity contribution is 5.58. The molecule has 19 heavy (non-hydrogen) atoms. The van der Waals surface area contributed by atoms with Crippen molar-refractivity contribution in [3.63, 3.8) is 0 Å². The van der Waals surface area contributed by atoms with Gasteiger partial charge in [0.25, 0.3) is 0 Å². The summed E-state index contributed by atoms with van der Waals surface area (Å²) >= 11 is 0. The molecule has 102 valence electrons. The predicted molar refractivity (Wildman–Crippen MR) is 73.6 cm³/mol. The van der Waals surface area contributed by atoms with Crippen LogP contribution in [0.1, 0.15) is 6.92 Å². The van der Waals surface area contributed by atoms with Gasteiger partial charge in [0.2, 0.25) is 0 Å². The summed E-state index contributed by atoms with van der Waals surface area (Å²) in [6.45, 7) is 4.39. The molecule has 0 aromatic heterocycles. The molecule has 4 heteroatoms. The first-order chi connectivity index (χ1) is 9.33. The second-order valence-electron chi connectivity index (χ2n) is 4.74. The zero-order chi connectivity index (χ0) is 13.2. The van der Waals surface area contributed by atoms with Crippen molar-refractivity contribution < 1.29 is 14.2 Å². The molecule has 0 saturated carbocycles. The summed E-state index contributed by atoms with van der Waals surface area (Å²) in [7, 11) is 1.68. The Labute approximate surface area is 113 Å². The molecule has 2 fully saturated rings. The number of anilines is 1. The van der Waals surface area contributed by atoms with E-state index in [1.54, 1.807) is 7.11 Å². The lowest BCUT2D eigenvalue weighted by Gasteiger charge is -2.47. The van der Waals surface area contributed by atoms with Crippen LogP contribution < -0.4 is 9.64 Å². The van der Waals surface area contributed by atoms with Crippen LogP contribution in [-0.4, -0.2) is 39.2 Å². The molecular formula is C15H19NO3. The normalized spacial score (nSPS) is 25.7. The van der Waals surface area contributed by atoms with Crippen LogP contribution in [0.5, 0.6) is 5.75 Å². The summed E-state index contributed by atoms with van der Waals surface area (Å²) < 4.78 is 16.5. The Morgan fingerprint density at radius 1 is 1.21 bits per heavy atom. The number of hydrogen-bond donors (Lipinski definition) is 0. The molecule has 0 amide bonds. The lowest BCUT2D eigenvalue weighted by Crippen LogP contribution is -2.57. The van der Waals surface area contributed by atoms with Crippen LogP contribution in [0.2, 0.25) is 0 Å². The Balaban J connectivity index is 1.79. The molecule has 1 unspecified atom stereocenters. The topological polar surface area (TPSA) is 30.9 Å². The summed E-state index contributed by atoms with van der Waals surface area (Å²) in [6.07, 6.45) is 2.03. The van der Waals surface area contributed by atoms with Crippen LogP contribution in [0.15, 0.2) is 35.9 Å². The van der Waals surface area contributed by atoms with E-state index in [1.807, 2.05) is 12.1 Å². The van der Waals surface area contributed by atoms with Crippen LogP contribution in [0.4, 0.5) is 5.69 Å². The van der Waals surface area contributed by atoms with Gasteiger partial charge in [-0.15, -0.1) is 0 Å². The molecule has 0 N–H and O–H groups in total. The minimum atomic E-state index is -0.137. The van der Waals surface area contributed by atoms with Crippen molar-refractivity contribution in [2.45, 2.75) is 19.3 Å². The van der Waals surface area contributed by atoms with Crippen LogP contribution in [0.3, 0.4) is 0 Å². The zero-order valence-electron chi connectivity index (χ0n) is 11.3. The number of nitrogens with zero attached hydrogens (tertiary/aromatic N) is 1. The number of hydrogen-bond acceptors (Lipinski definition) is 4. The lowest BCUT2D eigenvalue weighted by molar-refractivity contribution is -0.0591. The molecule has 2 aliphatic heterocycles. The van der Waals surface area contributed by atoms with Gasteiger partial charge in [-0.05, 0) is 36.8 Å². The van der Waals surface area contributed by atoms with E-state index >= 15 is 0 Å². The van der Waals surface area contributed by atoms with E-state index in [2.05, 4.69) is 30.0 Å². The van der Waals surface area contributed by atoms with Gasteiger partial charge in [-0.2, -0.15) is 0 Å². The number of allylic oxidation sites excluding steroid dienone is 1. The van der Waals surface area contributed by atoms with Crippen molar-refractivity contribution >= 4 is 5.69 Å². The third-order valence-electron chi connectivity index (χ3n) is 3.75. The van der Waals surface area contributed by atoms with Crippen LogP contribution >= 0.6 is 0 Å². The molecule has 0 aliphatic carbocycles. The molecule has 0 spiro atoms. The Hall–Kier alpha value is -1.52. The largest absolute Gasteiger partial charge is 0.497 e. The molecule has 3 rings (SSSR count). The number of benzene rings is 1. The summed E-state index contributed by atoms with van der Waals surface area (Å²) in [5.41, 5.74) is 2.55. The molecule has 4 nitrogen and oxygen atoms in total. The van der Waals surface area contributed by atoms with Crippen molar-refractivity contribution in [2.75, 3.05) is 31.8 Å². The third-order valence-corrected chi connectivity index (χ3v) is 3.75. The van der Waals surface area contributed by atoms with Crippen molar-refractivity contribution in [1.82, 2.24) is 0 Å². The van der Waals surface area contributed by atoms with E-state index in [-0.39, 0.29) is 12.3 Å². The Bertz CT molecular complexity index is 463. The first-order valence-corrected chi connectivity index (χ1v) is 6.62. The maximum atomic E-state index is 5.66. The van der Waals surface area contributed by atoms with Gasteiger partial charge >= 0.3 is 0 Å². The van der Waals surface area contributed by atoms with Crippen molar-refractivity contribution in [1.29, 1.82) is 0 Å². The maximum Gasteiger partial charge on any atom is 0.181 e. The van der Waals surface area contributed by atoms with E-state index < -0.39 is 0 Å². The number of rotatable bonds is 3. The SMILES string of the molecule is C/C=C1\CN(c2ccc(OC)cc2)C1C1OCCO1. The molecule has 1 atom stereocenters. The fraction of sp³-hybridized carbons (Fsp3) is 0.467. The third kappa shape index (κ3) is 2.22. The highest BCUT2D eigenvalue weighted by Crippen LogP contribution is 2.35. The van der Waals surface area contributed by atoms with Gasteiger partial charge in [0.1, 0.15) is 11.8 Å². The highest BCUT2D eigenvalue weighted by Gasteiger charge is 2.42. The smallest absolute Gasteiger partial charge is 0.181 e. The minimum absolute atomic E-state index is 0.137. The average molecular weight is 261 g/mol. The van der Waals surface area contributed by atoms with Crippen molar-refractivity contribution in [2.24, 2.45) is 0 Å². The standard InChI is InChI=1S/C15H19NO3/c1-3-11-10-16(14(11)15-18-8-9-19-15)12-4-6-13(17-2)7-5-12/h3-7,14-15H,8-10H2,1-2H3/b11-3+. The quantitative estimate of drug-likeness (QED) is 0.781. The molecular weight excluding hydrogens is 242 g/mol. The summed E-state index contributed by atoms with van der Waals surface area (Å²) in [5.74, 6) is 0.875. The van der Waals surface area contributed by atoms with E-state index in [0.717, 1.165) is 12.3 Å². The first kappa shape index (κ1) is 12.5. The van der Waals surface area contributed by atoms with Crippen molar-refractivity contribution in [3.05, 3.63) is 35.9 Å². The van der Waals surface area contributed by atoms with Gasteiger partial charge in [0, 0.05) is 12.2 Å². The van der Waals surface area contributed by atoms with E-state index in [0.29, 0.717) is 13.2 Å². The van der Waals surface area contributed by atoms with E-state index in [1.165, 1.54) is 11.3 Å². The van der Waals surface area contributed by atoms with Gasteiger partial charge in [0.15, 0.2) is 6.29 Å². The van der Waals surface area contributed by atoms with Gasteiger partial charge < -0.3 is 19.1 Å². The van der Waals surface area contributed by atoms with Gasteiger partial charge in [-0.1, -0.05) is 6.08 Å². The number of methoxy groups -OCH3 is 1. The molecule has 0 bridgehead atoms. The molecule has 2 aliphatic rings. The van der Waals surface area contributed by atoms with Crippen LogP contribution in [0.25, 0.3) is 0 Å². The highest BCUT2D eigenvalue weighted by atomic mass is 16.7. The van der Waals surface area contributed by atoms with Crippen LogP contribution in [-0.2, 0) is 9.47 Å². The molecule has 1 aromatic rings. The van der Waals surface area contributed by atoms with Gasteiger partial charge in [0.05, 0.1) is 20.3 Å². The first-order valence-electron chi connectivity index (χ1n) is 6.62. The second kappa shape index (κ2) is 5.23. The van der Waals surface area contributed by atoms with Crippen molar-refractivity contribution in [3.8, 4) is 5.75 Å². The van der Waals surface area contributed by atoms with Gasteiger partial charge in [-0.25, -0.2) is 0 Å². The summed E-state index contributed by atoms with van der Waals surface area (Å²) in [4.78, 5) is 2.31.